The van der Waals surface area contributed by atoms with Gasteiger partial charge in [-0.1, -0.05) is 6.07 Å². The zero-order valence-corrected chi connectivity index (χ0v) is 17.1. The predicted molar refractivity (Wildman–Crippen MR) is 113 cm³/mol. The maximum absolute atomic E-state index is 12.7. The van der Waals surface area contributed by atoms with E-state index in [4.69, 9.17) is 28.9 Å². The number of amides is 1. The number of carbonyl (C=O) groups is 2. The summed E-state index contributed by atoms with van der Waals surface area (Å²) in [4.78, 5) is 26.2. The molecule has 0 bridgehead atoms. The first-order valence-electron chi connectivity index (χ1n) is 9.95. The van der Waals surface area contributed by atoms with Crippen molar-refractivity contribution in [2.75, 3.05) is 38.1 Å². The highest BCUT2D eigenvalue weighted by molar-refractivity contribution is 5.96. The summed E-state index contributed by atoms with van der Waals surface area (Å²) >= 11 is 0. The number of hydrogen-bond donors (Lipinski definition) is 0. The van der Waals surface area contributed by atoms with Crippen LogP contribution in [0.3, 0.4) is 0 Å². The van der Waals surface area contributed by atoms with Gasteiger partial charge in [0.2, 0.25) is 6.79 Å². The van der Waals surface area contributed by atoms with Crippen LogP contribution in [0.2, 0.25) is 0 Å². The molecule has 164 valence electrons. The van der Waals surface area contributed by atoms with Crippen molar-refractivity contribution in [2.45, 2.75) is 6.42 Å². The molecule has 2 aromatic rings. The Bertz CT molecular complexity index is 1090. The van der Waals surface area contributed by atoms with Gasteiger partial charge in [-0.15, -0.1) is 0 Å². The van der Waals surface area contributed by atoms with Crippen molar-refractivity contribution >= 4 is 23.6 Å². The molecule has 2 aliphatic heterocycles. The zero-order chi connectivity index (χ0) is 22.3. The van der Waals surface area contributed by atoms with Crippen LogP contribution in [0, 0.1) is 11.3 Å². The molecule has 2 aliphatic rings. The van der Waals surface area contributed by atoms with Gasteiger partial charge < -0.3 is 28.6 Å². The Morgan fingerprint density at radius 1 is 1.00 bits per heavy atom. The van der Waals surface area contributed by atoms with Gasteiger partial charge in [-0.3, -0.25) is 4.79 Å². The maximum Gasteiger partial charge on any atom is 0.331 e. The summed E-state index contributed by atoms with van der Waals surface area (Å²) in [5, 5.41) is 8.95. The van der Waals surface area contributed by atoms with E-state index in [-0.39, 0.29) is 19.8 Å². The Kier molecular flexibility index (Phi) is 6.41. The van der Waals surface area contributed by atoms with Gasteiger partial charge in [-0.05, 0) is 35.9 Å². The van der Waals surface area contributed by atoms with E-state index in [0.717, 1.165) is 5.56 Å². The topological polar surface area (TPSA) is 107 Å². The largest absolute Gasteiger partial charge is 0.486 e. The minimum atomic E-state index is -0.668. The van der Waals surface area contributed by atoms with E-state index in [9.17, 15) is 9.59 Å². The highest BCUT2D eigenvalue weighted by atomic mass is 16.7. The molecule has 0 saturated heterocycles. The smallest absolute Gasteiger partial charge is 0.331 e. The summed E-state index contributed by atoms with van der Waals surface area (Å²) in [7, 11) is 0. The van der Waals surface area contributed by atoms with Crippen LogP contribution < -0.4 is 23.8 Å². The minimum Gasteiger partial charge on any atom is -0.486 e. The van der Waals surface area contributed by atoms with Crippen molar-refractivity contribution in [1.82, 2.24) is 0 Å². The number of hydrogen-bond acceptors (Lipinski definition) is 8. The van der Waals surface area contributed by atoms with Crippen LogP contribution in [0.5, 0.6) is 23.0 Å². The van der Waals surface area contributed by atoms with Gasteiger partial charge in [0.25, 0.3) is 5.91 Å². The molecular formula is C23H20N2O7. The third kappa shape index (κ3) is 4.92. The molecule has 0 aromatic heterocycles. The first-order chi connectivity index (χ1) is 15.6. The molecule has 0 N–H and O–H groups in total. The first-order valence-corrected chi connectivity index (χ1v) is 9.95. The highest BCUT2D eigenvalue weighted by Crippen LogP contribution is 2.34. The van der Waals surface area contributed by atoms with Gasteiger partial charge in [0, 0.05) is 24.4 Å². The minimum absolute atomic E-state index is 0.123. The van der Waals surface area contributed by atoms with Gasteiger partial charge in [0.15, 0.2) is 29.6 Å². The summed E-state index contributed by atoms with van der Waals surface area (Å²) in [6.45, 7) is 0.719. The summed E-state index contributed by atoms with van der Waals surface area (Å²) in [6, 6.07) is 12.4. The van der Waals surface area contributed by atoms with Crippen LogP contribution in [0.1, 0.15) is 12.0 Å². The Hall–Kier alpha value is -4.19. The molecule has 4 rings (SSSR count). The van der Waals surface area contributed by atoms with E-state index in [1.165, 1.54) is 11.0 Å². The summed E-state index contributed by atoms with van der Waals surface area (Å²) in [5.74, 6) is 1.23. The number of anilines is 1. The van der Waals surface area contributed by atoms with Gasteiger partial charge in [-0.25, -0.2) is 4.79 Å². The number of ether oxygens (including phenoxy) is 5. The molecule has 0 radical (unpaired) electrons. The van der Waals surface area contributed by atoms with E-state index in [1.807, 2.05) is 6.07 Å². The van der Waals surface area contributed by atoms with E-state index in [0.29, 0.717) is 41.9 Å². The Balaban J connectivity index is 1.37. The number of rotatable bonds is 7. The molecule has 1 amide bonds. The molecule has 0 fully saturated rings. The number of esters is 1. The van der Waals surface area contributed by atoms with E-state index in [2.05, 4.69) is 0 Å². The maximum atomic E-state index is 12.7. The quantitative estimate of drug-likeness (QED) is 0.482. The van der Waals surface area contributed by atoms with Crippen molar-refractivity contribution in [3.63, 3.8) is 0 Å². The SMILES string of the molecule is N#CCCN(C(=O)COC(=O)C=Cc1ccc2c(c1)OCO2)c1ccc2c(c1)OCCO2. The second-order valence-electron chi connectivity index (χ2n) is 6.84. The predicted octanol–water partition coefficient (Wildman–Crippen LogP) is 2.69. The van der Waals surface area contributed by atoms with Crippen molar-refractivity contribution in [3.05, 3.63) is 48.0 Å². The van der Waals surface area contributed by atoms with Crippen LogP contribution in [-0.4, -0.2) is 45.0 Å². The van der Waals surface area contributed by atoms with E-state index < -0.39 is 18.5 Å². The fourth-order valence-electron chi connectivity index (χ4n) is 3.20. The molecule has 0 spiro atoms. The van der Waals surface area contributed by atoms with Crippen LogP contribution in [0.25, 0.3) is 6.08 Å². The molecule has 32 heavy (non-hydrogen) atoms. The lowest BCUT2D eigenvalue weighted by atomic mass is 10.2. The molecule has 0 saturated carbocycles. The Morgan fingerprint density at radius 2 is 1.72 bits per heavy atom. The molecule has 2 heterocycles. The third-order valence-electron chi connectivity index (χ3n) is 4.73. The zero-order valence-electron chi connectivity index (χ0n) is 17.1. The fraction of sp³-hybridized carbons (Fsp3) is 0.261. The fourth-order valence-corrected chi connectivity index (χ4v) is 3.20. The Labute approximate surface area is 184 Å². The average molecular weight is 436 g/mol. The van der Waals surface area contributed by atoms with Gasteiger partial charge in [0.05, 0.1) is 12.5 Å². The number of nitrogens with zero attached hydrogens (tertiary/aromatic N) is 2. The van der Waals surface area contributed by atoms with Crippen molar-refractivity contribution < 1.29 is 33.3 Å². The number of fused-ring (bicyclic) bond motifs is 2. The number of benzene rings is 2. The Morgan fingerprint density at radius 3 is 2.56 bits per heavy atom. The highest BCUT2D eigenvalue weighted by Gasteiger charge is 2.20. The van der Waals surface area contributed by atoms with Gasteiger partial charge in [-0.2, -0.15) is 5.26 Å². The lowest BCUT2D eigenvalue weighted by molar-refractivity contribution is -0.142. The standard InChI is InChI=1S/C23H20N2O7/c24-8-1-9-25(17-4-6-18-21(13-17)29-11-10-28-18)22(26)14-30-23(27)7-3-16-2-5-19-20(12-16)32-15-31-19/h2-7,12-13H,1,9-11,14-15H2. The number of nitriles is 1. The summed E-state index contributed by atoms with van der Waals surface area (Å²) in [6.07, 6.45) is 2.91. The molecule has 0 aliphatic carbocycles. The first kappa shape index (κ1) is 21.1. The number of carbonyl (C=O) groups excluding carboxylic acids is 2. The molecule has 9 nitrogen and oxygen atoms in total. The third-order valence-corrected chi connectivity index (χ3v) is 4.73. The van der Waals surface area contributed by atoms with Crippen molar-refractivity contribution in [3.8, 4) is 29.1 Å². The van der Waals surface area contributed by atoms with Crippen LogP contribution >= 0.6 is 0 Å². The molecule has 0 atom stereocenters. The monoisotopic (exact) mass is 436 g/mol. The van der Waals surface area contributed by atoms with Crippen LogP contribution in [0.15, 0.2) is 42.5 Å². The van der Waals surface area contributed by atoms with E-state index in [1.54, 1.807) is 42.5 Å². The van der Waals surface area contributed by atoms with Gasteiger partial charge in [0.1, 0.15) is 13.2 Å². The van der Waals surface area contributed by atoms with Crippen molar-refractivity contribution in [1.29, 1.82) is 5.26 Å². The lowest BCUT2D eigenvalue weighted by Crippen LogP contribution is -2.35. The lowest BCUT2D eigenvalue weighted by Gasteiger charge is -2.24. The molecular weight excluding hydrogens is 416 g/mol. The second kappa shape index (κ2) is 9.75. The van der Waals surface area contributed by atoms with Crippen LogP contribution in [0.4, 0.5) is 5.69 Å². The van der Waals surface area contributed by atoms with E-state index >= 15 is 0 Å². The summed E-state index contributed by atoms with van der Waals surface area (Å²) < 4.78 is 26.7. The second-order valence-corrected chi connectivity index (χ2v) is 6.84. The molecule has 2 aromatic carbocycles. The van der Waals surface area contributed by atoms with Gasteiger partial charge >= 0.3 is 5.97 Å². The molecule has 9 heteroatoms. The van der Waals surface area contributed by atoms with Crippen LogP contribution in [-0.2, 0) is 14.3 Å². The van der Waals surface area contributed by atoms with Crippen molar-refractivity contribution in [2.24, 2.45) is 0 Å². The summed E-state index contributed by atoms with van der Waals surface area (Å²) in [5.41, 5.74) is 1.26. The normalized spacial score (nSPS) is 13.5. The average Bonchev–Trinajstić information content (AvgIpc) is 3.29. The molecule has 0 unspecified atom stereocenters.